The van der Waals surface area contributed by atoms with Crippen LogP contribution in [0, 0.1) is 22.7 Å². The van der Waals surface area contributed by atoms with Crippen LogP contribution in [0.1, 0.15) is 11.4 Å². The van der Waals surface area contributed by atoms with Crippen LogP contribution >= 0.6 is 11.3 Å². The van der Waals surface area contributed by atoms with Crippen molar-refractivity contribution in [1.82, 2.24) is 19.9 Å². The van der Waals surface area contributed by atoms with Crippen molar-refractivity contribution in [2.75, 3.05) is 0 Å². The lowest BCUT2D eigenvalue weighted by atomic mass is 10.1. The minimum atomic E-state index is -0.0388. The summed E-state index contributed by atoms with van der Waals surface area (Å²) in [4.78, 5) is 18.1. The third-order valence-corrected chi connectivity index (χ3v) is 4.22. The van der Waals surface area contributed by atoms with Gasteiger partial charge in [-0.25, -0.2) is 19.9 Å². The summed E-state index contributed by atoms with van der Waals surface area (Å²) in [6.45, 7) is 0. The van der Waals surface area contributed by atoms with E-state index < -0.39 is 0 Å². The van der Waals surface area contributed by atoms with Crippen molar-refractivity contribution in [2.45, 2.75) is 0 Å². The number of thiophene rings is 1. The molecule has 0 fully saturated rings. The highest BCUT2D eigenvalue weighted by Gasteiger charge is 2.11. The third-order valence-electron chi connectivity index (χ3n) is 3.31. The van der Waals surface area contributed by atoms with Gasteiger partial charge in [-0.15, -0.1) is 11.3 Å². The van der Waals surface area contributed by atoms with Gasteiger partial charge in [-0.05, 0) is 29.1 Å². The van der Waals surface area contributed by atoms with E-state index in [1.807, 2.05) is 47.9 Å². The predicted octanol–water partition coefficient (Wildman–Crippen LogP) is 3.04. The number of fused-ring (bicyclic) bond motifs is 2. The molecule has 0 aliphatic rings. The minimum absolute atomic E-state index is 0.0381. The molecule has 1 aromatic carbocycles. The van der Waals surface area contributed by atoms with Crippen LogP contribution in [0.3, 0.4) is 0 Å². The Kier molecular flexibility index (Phi) is 2.94. The highest BCUT2D eigenvalue weighted by atomic mass is 32.1. The fourth-order valence-corrected chi connectivity index (χ4v) is 2.98. The van der Waals surface area contributed by atoms with Gasteiger partial charge >= 0.3 is 0 Å². The van der Waals surface area contributed by atoms with Crippen LogP contribution in [0.5, 0.6) is 0 Å². The van der Waals surface area contributed by atoms with Gasteiger partial charge in [0.05, 0.1) is 11.0 Å². The van der Waals surface area contributed by atoms with E-state index in [1.54, 1.807) is 11.3 Å². The van der Waals surface area contributed by atoms with Crippen molar-refractivity contribution in [3.63, 3.8) is 0 Å². The Morgan fingerprint density at radius 1 is 0.826 bits per heavy atom. The second kappa shape index (κ2) is 5.09. The fraction of sp³-hybridized carbons (Fsp3) is 0. The maximum absolute atomic E-state index is 9.04. The van der Waals surface area contributed by atoms with Gasteiger partial charge in [0.15, 0.2) is 22.7 Å². The number of aromatic nitrogens is 4. The average molecular weight is 314 g/mol. The van der Waals surface area contributed by atoms with Crippen molar-refractivity contribution in [3.05, 3.63) is 47.1 Å². The van der Waals surface area contributed by atoms with Gasteiger partial charge in [-0.2, -0.15) is 10.5 Å². The first-order chi connectivity index (χ1) is 11.3. The molecule has 0 saturated heterocycles. The molecule has 7 heteroatoms. The predicted molar refractivity (Wildman–Crippen MR) is 85.4 cm³/mol. The Hall–Kier alpha value is -3.42. The van der Waals surface area contributed by atoms with E-state index in [-0.39, 0.29) is 22.7 Å². The number of nitriles is 2. The van der Waals surface area contributed by atoms with Crippen LogP contribution in [0.15, 0.2) is 35.7 Å². The van der Waals surface area contributed by atoms with Crippen LogP contribution in [-0.4, -0.2) is 19.9 Å². The summed E-state index contributed by atoms with van der Waals surface area (Å²) in [7, 11) is 0. The second-order valence-corrected chi connectivity index (χ2v) is 5.64. The van der Waals surface area contributed by atoms with Crippen LogP contribution < -0.4 is 0 Å². The molecule has 0 atom stereocenters. The van der Waals surface area contributed by atoms with Gasteiger partial charge in [0.2, 0.25) is 0 Å². The normalized spacial score (nSPS) is 10.5. The summed E-state index contributed by atoms with van der Waals surface area (Å²) >= 11 is 1.64. The van der Waals surface area contributed by atoms with E-state index in [0.717, 1.165) is 10.4 Å². The third kappa shape index (κ3) is 2.16. The maximum Gasteiger partial charge on any atom is 0.199 e. The molecule has 0 bridgehead atoms. The van der Waals surface area contributed by atoms with Crippen LogP contribution in [-0.2, 0) is 0 Å². The first kappa shape index (κ1) is 13.3. The number of benzene rings is 1. The van der Waals surface area contributed by atoms with Crippen molar-refractivity contribution >= 4 is 33.7 Å². The minimum Gasteiger partial charge on any atom is -0.224 e. The lowest BCUT2D eigenvalue weighted by Gasteiger charge is -2.03. The lowest BCUT2D eigenvalue weighted by molar-refractivity contribution is 1.14. The van der Waals surface area contributed by atoms with E-state index in [9.17, 15) is 0 Å². The molecule has 4 rings (SSSR count). The van der Waals surface area contributed by atoms with Gasteiger partial charge in [0, 0.05) is 4.88 Å². The van der Waals surface area contributed by atoms with Gasteiger partial charge in [-0.1, -0.05) is 12.1 Å². The molecule has 0 unspecified atom stereocenters. The van der Waals surface area contributed by atoms with E-state index in [1.165, 1.54) is 0 Å². The van der Waals surface area contributed by atoms with E-state index in [0.29, 0.717) is 11.0 Å². The molecule has 3 aromatic heterocycles. The molecular weight excluding hydrogens is 308 g/mol. The molecule has 0 spiro atoms. The molecule has 6 nitrogen and oxygen atoms in total. The summed E-state index contributed by atoms with van der Waals surface area (Å²) in [6.07, 6.45) is 0. The molecule has 0 aliphatic heterocycles. The van der Waals surface area contributed by atoms with E-state index in [2.05, 4.69) is 19.9 Å². The fourth-order valence-electron chi connectivity index (χ4n) is 2.26. The Balaban J connectivity index is 1.99. The maximum atomic E-state index is 9.04. The van der Waals surface area contributed by atoms with Gasteiger partial charge in [0.25, 0.3) is 0 Å². The van der Waals surface area contributed by atoms with Gasteiger partial charge < -0.3 is 0 Å². The number of nitrogens with zero attached hydrogens (tertiary/aromatic N) is 6. The molecule has 4 aromatic rings. The van der Waals surface area contributed by atoms with Crippen LogP contribution in [0.25, 0.3) is 32.8 Å². The smallest absolute Gasteiger partial charge is 0.199 e. The molecule has 23 heavy (non-hydrogen) atoms. The zero-order valence-electron chi connectivity index (χ0n) is 11.6. The molecule has 0 saturated carbocycles. The average Bonchev–Trinajstić information content (AvgIpc) is 3.12. The molecule has 3 heterocycles. The van der Waals surface area contributed by atoms with Crippen molar-refractivity contribution < 1.29 is 0 Å². The highest BCUT2D eigenvalue weighted by molar-refractivity contribution is 7.13. The van der Waals surface area contributed by atoms with Gasteiger partial charge in [-0.3, -0.25) is 0 Å². The summed E-state index contributed by atoms with van der Waals surface area (Å²) in [5.74, 6) is 0. The summed E-state index contributed by atoms with van der Waals surface area (Å²) in [5, 5.41) is 20.1. The first-order valence-corrected chi connectivity index (χ1v) is 7.50. The van der Waals surface area contributed by atoms with Crippen molar-refractivity contribution in [1.29, 1.82) is 10.5 Å². The zero-order chi connectivity index (χ0) is 15.8. The topological polar surface area (TPSA) is 99.1 Å². The van der Waals surface area contributed by atoms with Crippen molar-refractivity contribution in [2.24, 2.45) is 0 Å². The molecule has 0 amide bonds. The lowest BCUT2D eigenvalue weighted by Crippen LogP contribution is -1.99. The van der Waals surface area contributed by atoms with E-state index >= 15 is 0 Å². The molecule has 106 valence electrons. The number of rotatable bonds is 1. The quantitative estimate of drug-likeness (QED) is 0.501. The molecular formula is C16H6N6S. The number of hydrogen-bond donors (Lipinski definition) is 0. The molecule has 0 N–H and O–H groups in total. The highest BCUT2D eigenvalue weighted by Crippen LogP contribution is 2.27. The zero-order valence-corrected chi connectivity index (χ0v) is 12.4. The number of hydrogen-bond acceptors (Lipinski definition) is 7. The molecule has 0 radical (unpaired) electrons. The largest absolute Gasteiger partial charge is 0.224 e. The monoisotopic (exact) mass is 314 g/mol. The Morgan fingerprint density at radius 2 is 1.52 bits per heavy atom. The Labute approximate surface area is 134 Å². The Morgan fingerprint density at radius 3 is 2.13 bits per heavy atom. The summed E-state index contributed by atoms with van der Waals surface area (Å²) < 4.78 is 0. The molecule has 0 aliphatic carbocycles. The van der Waals surface area contributed by atoms with Crippen LogP contribution in [0.2, 0.25) is 0 Å². The standard InChI is InChI=1S/C16H6N6S/c17-7-12-13(8-18)22-16-15(21-12)19-10-4-3-9(6-11(10)20-16)14-2-1-5-23-14/h1-6H. The van der Waals surface area contributed by atoms with E-state index in [4.69, 9.17) is 10.5 Å². The SMILES string of the molecule is N#Cc1nc2nc3ccc(-c4cccs4)cc3nc2nc1C#N. The Bertz CT molecular complexity index is 1140. The summed E-state index contributed by atoms with van der Waals surface area (Å²) in [6, 6.07) is 13.5. The second-order valence-electron chi connectivity index (χ2n) is 4.70. The van der Waals surface area contributed by atoms with Crippen LogP contribution in [0.4, 0.5) is 0 Å². The van der Waals surface area contributed by atoms with Gasteiger partial charge in [0.1, 0.15) is 12.1 Å². The van der Waals surface area contributed by atoms with Crippen molar-refractivity contribution in [3.8, 4) is 22.6 Å². The summed E-state index contributed by atoms with van der Waals surface area (Å²) in [5.41, 5.74) is 2.83. The first-order valence-electron chi connectivity index (χ1n) is 6.62.